The average molecular weight is 270 g/mol. The van der Waals surface area contributed by atoms with Crippen molar-refractivity contribution in [1.82, 2.24) is 9.97 Å². The molecule has 0 unspecified atom stereocenters. The molecule has 0 saturated heterocycles. The van der Waals surface area contributed by atoms with E-state index in [0.29, 0.717) is 17.9 Å². The fraction of sp³-hybridized carbons (Fsp3) is 0.214. The monoisotopic (exact) mass is 270 g/mol. The van der Waals surface area contributed by atoms with E-state index in [2.05, 4.69) is 16.0 Å². The van der Waals surface area contributed by atoms with Gasteiger partial charge in [0.05, 0.1) is 18.2 Å². The number of rotatable bonds is 4. The first-order valence-electron chi connectivity index (χ1n) is 6.07. The molecule has 1 heterocycles. The van der Waals surface area contributed by atoms with E-state index in [1.165, 1.54) is 6.33 Å². The van der Waals surface area contributed by atoms with Crippen LogP contribution in [-0.2, 0) is 0 Å². The van der Waals surface area contributed by atoms with Gasteiger partial charge >= 0.3 is 0 Å². The molecule has 0 atom stereocenters. The third-order valence-electron chi connectivity index (χ3n) is 2.62. The summed E-state index contributed by atoms with van der Waals surface area (Å²) in [6.45, 7) is 4.16. The highest BCUT2D eigenvalue weighted by Gasteiger charge is 2.12. The molecule has 0 radical (unpaired) electrons. The van der Waals surface area contributed by atoms with Crippen LogP contribution in [0.2, 0.25) is 0 Å². The van der Waals surface area contributed by atoms with E-state index < -0.39 is 0 Å². The van der Waals surface area contributed by atoms with E-state index in [-0.39, 0.29) is 17.4 Å². The molecule has 2 aromatic rings. The molecular weight excluding hydrogens is 256 g/mol. The molecule has 2 N–H and O–H groups in total. The average Bonchev–Trinajstić information content (AvgIpc) is 2.45. The summed E-state index contributed by atoms with van der Waals surface area (Å²) >= 11 is 0. The van der Waals surface area contributed by atoms with Gasteiger partial charge in [-0.15, -0.1) is 0 Å². The van der Waals surface area contributed by atoms with Gasteiger partial charge in [0.15, 0.2) is 5.69 Å². The second-order valence-electron chi connectivity index (χ2n) is 4.02. The van der Waals surface area contributed by atoms with Crippen LogP contribution < -0.4 is 15.2 Å². The van der Waals surface area contributed by atoms with Gasteiger partial charge < -0.3 is 15.2 Å². The topological polar surface area (TPSA) is 94.0 Å². The number of nitrogen functional groups attached to an aromatic ring is 1. The molecule has 0 aliphatic rings. The van der Waals surface area contributed by atoms with Gasteiger partial charge in [-0.2, -0.15) is 15.2 Å². The zero-order valence-corrected chi connectivity index (χ0v) is 11.3. The minimum atomic E-state index is 0.210. The molecule has 0 aliphatic heterocycles. The van der Waals surface area contributed by atoms with Crippen LogP contribution >= 0.6 is 0 Å². The molecule has 0 spiro atoms. The molecule has 0 saturated carbocycles. The zero-order chi connectivity index (χ0) is 14.5. The van der Waals surface area contributed by atoms with Crippen molar-refractivity contribution in [2.75, 3.05) is 12.3 Å². The van der Waals surface area contributed by atoms with Crippen molar-refractivity contribution >= 4 is 5.69 Å². The number of nitrogens with two attached hydrogens (primary N) is 1. The second-order valence-corrected chi connectivity index (χ2v) is 4.02. The molecule has 20 heavy (non-hydrogen) atoms. The third kappa shape index (κ3) is 2.78. The zero-order valence-electron chi connectivity index (χ0n) is 11.3. The first kappa shape index (κ1) is 13.6. The maximum Gasteiger partial charge on any atom is 0.249 e. The maximum atomic E-state index is 8.91. The first-order chi connectivity index (χ1) is 9.65. The van der Waals surface area contributed by atoms with E-state index in [1.807, 2.05) is 13.8 Å². The van der Waals surface area contributed by atoms with Crippen LogP contribution in [0.1, 0.15) is 18.1 Å². The molecule has 1 aromatic carbocycles. The fourth-order valence-electron chi connectivity index (χ4n) is 1.58. The van der Waals surface area contributed by atoms with Gasteiger partial charge in [0, 0.05) is 0 Å². The largest absolute Gasteiger partial charge is 0.476 e. The number of aromatic nitrogens is 2. The van der Waals surface area contributed by atoms with Crippen LogP contribution in [0.25, 0.3) is 0 Å². The van der Waals surface area contributed by atoms with Crippen LogP contribution in [0, 0.1) is 18.3 Å². The molecule has 1 aromatic heterocycles. The summed E-state index contributed by atoms with van der Waals surface area (Å²) in [6, 6.07) is 7.21. The Hall–Kier alpha value is -2.81. The third-order valence-corrected chi connectivity index (χ3v) is 2.62. The predicted molar refractivity (Wildman–Crippen MR) is 73.6 cm³/mol. The van der Waals surface area contributed by atoms with Crippen molar-refractivity contribution in [2.45, 2.75) is 13.8 Å². The molecule has 0 fully saturated rings. The van der Waals surface area contributed by atoms with Crippen LogP contribution in [0.15, 0.2) is 24.5 Å². The lowest BCUT2D eigenvalue weighted by Crippen LogP contribution is -2.03. The van der Waals surface area contributed by atoms with E-state index in [9.17, 15) is 0 Å². The Balaban J connectivity index is 2.35. The second kappa shape index (κ2) is 5.89. The molecular formula is C14H14N4O2. The number of nitriles is 1. The number of aryl methyl sites for hydroxylation is 1. The van der Waals surface area contributed by atoms with Gasteiger partial charge in [-0.05, 0) is 31.5 Å². The standard InChI is InChI=1S/C14H14N4O2/c1-3-19-13-12(16)14(18-8-17-13)20-11-6-10(7-15)5-4-9(11)2/h4-6,8H,3,16H2,1-2H3. The summed E-state index contributed by atoms with van der Waals surface area (Å²) in [7, 11) is 0. The highest BCUT2D eigenvalue weighted by Crippen LogP contribution is 2.32. The first-order valence-corrected chi connectivity index (χ1v) is 6.07. The number of ether oxygens (including phenoxy) is 2. The smallest absolute Gasteiger partial charge is 0.249 e. The van der Waals surface area contributed by atoms with Gasteiger partial charge in [0.25, 0.3) is 0 Å². The number of nitrogens with zero attached hydrogens (tertiary/aromatic N) is 3. The number of hydrogen-bond donors (Lipinski definition) is 1. The Morgan fingerprint density at radius 1 is 1.30 bits per heavy atom. The van der Waals surface area contributed by atoms with Crippen molar-refractivity contribution in [2.24, 2.45) is 0 Å². The van der Waals surface area contributed by atoms with Gasteiger partial charge in [-0.25, -0.2) is 0 Å². The minimum absolute atomic E-state index is 0.210. The quantitative estimate of drug-likeness (QED) is 0.916. The van der Waals surface area contributed by atoms with Gasteiger partial charge in [-0.1, -0.05) is 6.07 Å². The molecule has 2 rings (SSSR count). The van der Waals surface area contributed by atoms with Crippen molar-refractivity contribution in [3.63, 3.8) is 0 Å². The molecule has 102 valence electrons. The fourth-order valence-corrected chi connectivity index (χ4v) is 1.58. The summed E-state index contributed by atoms with van der Waals surface area (Å²) in [5.74, 6) is 1.02. The summed E-state index contributed by atoms with van der Waals surface area (Å²) in [5, 5.41) is 8.91. The lowest BCUT2D eigenvalue weighted by molar-refractivity contribution is 0.325. The normalized spacial score (nSPS) is 9.85. The van der Waals surface area contributed by atoms with Crippen LogP contribution in [-0.4, -0.2) is 16.6 Å². The molecule has 6 nitrogen and oxygen atoms in total. The Bertz CT molecular complexity index is 665. The minimum Gasteiger partial charge on any atom is -0.476 e. The van der Waals surface area contributed by atoms with Crippen molar-refractivity contribution in [1.29, 1.82) is 5.26 Å². The van der Waals surface area contributed by atoms with Crippen molar-refractivity contribution in [3.8, 4) is 23.6 Å². The SMILES string of the molecule is CCOc1ncnc(Oc2cc(C#N)ccc2C)c1N. The van der Waals surface area contributed by atoms with Crippen LogP contribution in [0.3, 0.4) is 0 Å². The van der Waals surface area contributed by atoms with Crippen molar-refractivity contribution in [3.05, 3.63) is 35.7 Å². The summed E-state index contributed by atoms with van der Waals surface area (Å²) in [4.78, 5) is 7.93. The maximum absolute atomic E-state index is 8.91. The Morgan fingerprint density at radius 2 is 2.05 bits per heavy atom. The molecule has 0 aliphatic carbocycles. The Morgan fingerprint density at radius 3 is 2.75 bits per heavy atom. The summed E-state index contributed by atoms with van der Waals surface area (Å²) < 4.78 is 10.9. The highest BCUT2D eigenvalue weighted by atomic mass is 16.5. The molecule has 0 amide bonds. The predicted octanol–water partition coefficient (Wildman–Crippen LogP) is 2.43. The molecule has 0 bridgehead atoms. The number of anilines is 1. The lowest BCUT2D eigenvalue weighted by atomic mass is 10.1. The van der Waals surface area contributed by atoms with Gasteiger partial charge in [-0.3, -0.25) is 0 Å². The number of hydrogen-bond acceptors (Lipinski definition) is 6. The van der Waals surface area contributed by atoms with E-state index in [4.69, 9.17) is 20.5 Å². The Labute approximate surface area is 116 Å². The van der Waals surface area contributed by atoms with Gasteiger partial charge in [0.1, 0.15) is 12.1 Å². The van der Waals surface area contributed by atoms with Gasteiger partial charge in [0.2, 0.25) is 11.8 Å². The van der Waals surface area contributed by atoms with Crippen molar-refractivity contribution < 1.29 is 9.47 Å². The van der Waals surface area contributed by atoms with E-state index in [0.717, 1.165) is 5.56 Å². The van der Waals surface area contributed by atoms with Crippen LogP contribution in [0.4, 0.5) is 5.69 Å². The Kier molecular flexibility index (Phi) is 4.01. The summed E-state index contributed by atoms with van der Waals surface area (Å²) in [5.41, 5.74) is 7.51. The summed E-state index contributed by atoms with van der Waals surface area (Å²) in [6.07, 6.45) is 1.32. The lowest BCUT2D eigenvalue weighted by Gasteiger charge is -2.11. The highest BCUT2D eigenvalue weighted by molar-refractivity contribution is 5.57. The van der Waals surface area contributed by atoms with Crippen LogP contribution in [0.5, 0.6) is 17.5 Å². The van der Waals surface area contributed by atoms with E-state index in [1.54, 1.807) is 18.2 Å². The molecule has 6 heteroatoms. The number of benzene rings is 1. The van der Waals surface area contributed by atoms with E-state index >= 15 is 0 Å².